The molecule has 0 saturated heterocycles. The molecular weight excluding hydrogens is 709 g/mol. The average molecular weight is 739 g/mol. The van der Waals surface area contributed by atoms with Gasteiger partial charge in [-0.1, -0.05) is 57.3 Å². The van der Waals surface area contributed by atoms with Crippen LogP contribution in [0.15, 0.2) is 82.4 Å². The van der Waals surface area contributed by atoms with Crippen molar-refractivity contribution < 1.29 is 28.5 Å². The third-order valence-electron chi connectivity index (χ3n) is 6.82. The molecule has 0 spiro atoms. The highest BCUT2D eigenvalue weighted by Crippen LogP contribution is 2.40. The van der Waals surface area contributed by atoms with Gasteiger partial charge in [0.1, 0.15) is 5.69 Å². The predicted molar refractivity (Wildman–Crippen MR) is 188 cm³/mol. The lowest BCUT2D eigenvalue weighted by molar-refractivity contribution is 0.0727. The fraction of sp³-hybridized carbons (Fsp3) is 0.171. The van der Waals surface area contributed by atoms with E-state index in [2.05, 4.69) is 31.4 Å². The summed E-state index contributed by atoms with van der Waals surface area (Å²) in [7, 11) is 0. The smallest absolute Gasteiger partial charge is 0.343 e. The number of ether oxygens (including phenoxy) is 4. The maximum absolute atomic E-state index is 13.5. The summed E-state index contributed by atoms with van der Waals surface area (Å²) >= 11 is 16.5. The number of nitrogens with zero attached hydrogens (tertiary/aromatic N) is 1. The van der Waals surface area contributed by atoms with E-state index in [4.69, 9.17) is 42.1 Å². The maximum atomic E-state index is 13.5. The average Bonchev–Trinajstić information content (AvgIpc) is 3.43. The molecule has 0 aliphatic carbocycles. The number of H-pyrrole nitrogens is 1. The van der Waals surface area contributed by atoms with E-state index >= 15 is 0 Å². The number of carbonyl (C=O) groups is 2. The number of esters is 1. The summed E-state index contributed by atoms with van der Waals surface area (Å²) in [5, 5.41) is 5.80. The summed E-state index contributed by atoms with van der Waals surface area (Å²) in [6.07, 6.45) is 1.45. The molecule has 0 radical (unpaired) electrons. The number of amides is 1. The molecule has 242 valence electrons. The maximum Gasteiger partial charge on any atom is 0.343 e. The Bertz CT molecular complexity index is 1980. The lowest BCUT2D eigenvalue weighted by Crippen LogP contribution is -2.19. The van der Waals surface area contributed by atoms with Crippen LogP contribution in [0.1, 0.15) is 47.2 Å². The number of hydrogen-bond donors (Lipinski definition) is 2. The topological polar surface area (TPSA) is 111 Å². The Balaban J connectivity index is 1.37. The van der Waals surface area contributed by atoms with Gasteiger partial charge in [0.05, 0.1) is 42.1 Å². The van der Waals surface area contributed by atoms with Crippen LogP contribution < -0.4 is 24.4 Å². The van der Waals surface area contributed by atoms with Gasteiger partial charge in [0, 0.05) is 26.0 Å². The first-order valence-electron chi connectivity index (χ1n) is 14.7. The number of carbonyl (C=O) groups excluding carboxylic acids is 2. The van der Waals surface area contributed by atoms with Gasteiger partial charge in [-0.15, -0.1) is 0 Å². The molecule has 4 aromatic carbocycles. The zero-order valence-electron chi connectivity index (χ0n) is 25.7. The third kappa shape index (κ3) is 7.73. The van der Waals surface area contributed by atoms with Crippen molar-refractivity contribution >= 4 is 68.1 Å². The fourth-order valence-electron chi connectivity index (χ4n) is 4.85. The van der Waals surface area contributed by atoms with Crippen molar-refractivity contribution in [1.29, 1.82) is 0 Å². The number of aromatic nitrogens is 1. The molecule has 5 rings (SSSR count). The van der Waals surface area contributed by atoms with Crippen molar-refractivity contribution in [2.45, 2.75) is 20.8 Å². The van der Waals surface area contributed by atoms with E-state index < -0.39 is 11.9 Å². The van der Waals surface area contributed by atoms with E-state index in [9.17, 15) is 9.59 Å². The summed E-state index contributed by atoms with van der Waals surface area (Å²) in [4.78, 5) is 29.6. The molecule has 1 amide bonds. The van der Waals surface area contributed by atoms with Crippen LogP contribution >= 0.6 is 39.1 Å². The van der Waals surface area contributed by atoms with E-state index in [0.29, 0.717) is 69.3 Å². The van der Waals surface area contributed by atoms with Crippen LogP contribution in [0, 0.1) is 0 Å². The molecule has 47 heavy (non-hydrogen) atoms. The molecule has 12 heteroatoms. The first-order valence-corrected chi connectivity index (χ1v) is 16.3. The van der Waals surface area contributed by atoms with Gasteiger partial charge >= 0.3 is 5.97 Å². The normalized spacial score (nSPS) is 11.1. The minimum absolute atomic E-state index is 0.218. The van der Waals surface area contributed by atoms with Gasteiger partial charge in [0.25, 0.3) is 5.91 Å². The molecule has 5 aromatic rings. The van der Waals surface area contributed by atoms with E-state index in [-0.39, 0.29) is 17.0 Å². The fourth-order valence-corrected chi connectivity index (χ4v) is 5.94. The van der Waals surface area contributed by atoms with Crippen molar-refractivity contribution in [2.75, 3.05) is 19.8 Å². The van der Waals surface area contributed by atoms with E-state index in [1.165, 1.54) is 6.21 Å². The number of aromatic amines is 1. The summed E-state index contributed by atoms with van der Waals surface area (Å²) < 4.78 is 23.4. The molecule has 0 fully saturated rings. The van der Waals surface area contributed by atoms with Crippen molar-refractivity contribution in [1.82, 2.24) is 10.4 Å². The van der Waals surface area contributed by atoms with E-state index in [1.54, 1.807) is 48.5 Å². The number of benzene rings is 4. The number of hydrogen-bond acceptors (Lipinski definition) is 7. The molecule has 1 aromatic heterocycles. The highest BCUT2D eigenvalue weighted by molar-refractivity contribution is 9.10. The summed E-state index contributed by atoms with van der Waals surface area (Å²) in [5.41, 5.74) is 5.53. The second-order valence-corrected chi connectivity index (χ2v) is 11.7. The predicted octanol–water partition coefficient (Wildman–Crippen LogP) is 9.08. The van der Waals surface area contributed by atoms with Crippen LogP contribution in [0.5, 0.6) is 23.0 Å². The van der Waals surface area contributed by atoms with Crippen molar-refractivity contribution in [3.05, 3.63) is 104 Å². The minimum atomic E-state index is -0.594. The first-order chi connectivity index (χ1) is 22.7. The highest BCUT2D eigenvalue weighted by Gasteiger charge is 2.23. The molecule has 0 aliphatic rings. The number of halogens is 3. The van der Waals surface area contributed by atoms with Crippen molar-refractivity contribution in [2.24, 2.45) is 5.10 Å². The van der Waals surface area contributed by atoms with Crippen LogP contribution in [0.3, 0.4) is 0 Å². The van der Waals surface area contributed by atoms with E-state index in [0.717, 1.165) is 9.86 Å². The first kappa shape index (κ1) is 33.8. The lowest BCUT2D eigenvalue weighted by Gasteiger charge is -2.13. The zero-order chi connectivity index (χ0) is 33.5. The Hall–Kier alpha value is -4.51. The van der Waals surface area contributed by atoms with Gasteiger partial charge in [0.2, 0.25) is 0 Å². The summed E-state index contributed by atoms with van der Waals surface area (Å²) in [5.74, 6) is 0.433. The van der Waals surface area contributed by atoms with E-state index in [1.807, 2.05) is 45.0 Å². The second kappa shape index (κ2) is 15.4. The Morgan fingerprint density at radius 3 is 2.23 bits per heavy atom. The molecule has 0 atom stereocenters. The lowest BCUT2D eigenvalue weighted by atomic mass is 10.0. The Labute approximate surface area is 289 Å². The van der Waals surface area contributed by atoms with Crippen LogP contribution in [-0.2, 0) is 0 Å². The van der Waals surface area contributed by atoms with Crippen molar-refractivity contribution in [3.63, 3.8) is 0 Å². The number of rotatable bonds is 12. The summed E-state index contributed by atoms with van der Waals surface area (Å²) in [6, 6.07) is 20.6. The molecule has 0 unspecified atom stereocenters. The third-order valence-corrected chi connectivity index (χ3v) is 7.91. The number of hydrazone groups is 1. The molecule has 9 nitrogen and oxygen atoms in total. The molecule has 0 saturated carbocycles. The number of nitrogens with one attached hydrogen (secondary N) is 2. The minimum Gasteiger partial charge on any atom is -0.490 e. The van der Waals surface area contributed by atoms with Crippen LogP contribution in [0.2, 0.25) is 10.0 Å². The molecule has 0 aliphatic heterocycles. The molecular formula is C35H30BrCl2N3O6. The van der Waals surface area contributed by atoms with Gasteiger partial charge in [-0.05, 0) is 80.9 Å². The second-order valence-electron chi connectivity index (χ2n) is 9.92. The zero-order valence-corrected chi connectivity index (χ0v) is 28.8. The van der Waals surface area contributed by atoms with Gasteiger partial charge < -0.3 is 23.9 Å². The monoisotopic (exact) mass is 737 g/mol. The van der Waals surface area contributed by atoms with Crippen LogP contribution in [0.4, 0.5) is 0 Å². The van der Waals surface area contributed by atoms with Crippen molar-refractivity contribution in [3.8, 4) is 34.1 Å². The van der Waals surface area contributed by atoms with Crippen LogP contribution in [0.25, 0.3) is 22.0 Å². The standard InChI is InChI=1S/C35H30BrCl2N3O6/c1-4-44-27-14-12-21(16-30(27)46-6-3)35(43)47-28-13-11-20(15-29(28)45-5-2)19-39-41-34(42)33-31(23-9-7-8-10-25(23)37)24-17-22(36)18-26(38)32(24)40-33/h7-19,40H,4-6H2,1-3H3,(H,41,42). The Morgan fingerprint density at radius 1 is 0.830 bits per heavy atom. The Morgan fingerprint density at radius 2 is 1.51 bits per heavy atom. The number of fused-ring (bicyclic) bond motifs is 1. The molecule has 0 bridgehead atoms. The SMILES string of the molecule is CCOc1ccc(C(=O)Oc2ccc(C=NNC(=O)c3[nH]c4c(Cl)cc(Br)cc4c3-c3ccccc3Cl)cc2OCC)cc1OCC. The molecule has 2 N–H and O–H groups in total. The Kier molecular flexibility index (Phi) is 11.1. The largest absolute Gasteiger partial charge is 0.490 e. The molecule has 1 heterocycles. The van der Waals surface area contributed by atoms with Gasteiger partial charge in [-0.3, -0.25) is 4.79 Å². The van der Waals surface area contributed by atoms with Crippen LogP contribution in [-0.4, -0.2) is 42.9 Å². The summed E-state index contributed by atoms with van der Waals surface area (Å²) in [6.45, 7) is 6.72. The van der Waals surface area contributed by atoms with Gasteiger partial charge in [-0.25, -0.2) is 10.2 Å². The highest BCUT2D eigenvalue weighted by atomic mass is 79.9. The van der Waals surface area contributed by atoms with Gasteiger partial charge in [0.15, 0.2) is 23.0 Å². The van der Waals surface area contributed by atoms with Gasteiger partial charge in [-0.2, -0.15) is 5.10 Å². The quantitative estimate of drug-likeness (QED) is 0.0572.